The van der Waals surface area contributed by atoms with Crippen molar-refractivity contribution in [1.82, 2.24) is 25.5 Å². The number of hydrogen-bond acceptors (Lipinski definition) is 6. The van der Waals surface area contributed by atoms with Gasteiger partial charge in [-0.05, 0) is 41.5 Å². The molecule has 31 heavy (non-hydrogen) atoms. The van der Waals surface area contributed by atoms with Crippen LogP contribution < -0.4 is 10.2 Å². The number of ether oxygens (including phenoxy) is 1. The molecule has 0 radical (unpaired) electrons. The summed E-state index contributed by atoms with van der Waals surface area (Å²) in [6.07, 6.45) is -1.04. The number of nitrogens with zero attached hydrogens (tertiary/aromatic N) is 5. The molecule has 0 saturated carbocycles. The highest BCUT2D eigenvalue weighted by molar-refractivity contribution is 5.90. The van der Waals surface area contributed by atoms with E-state index in [1.807, 2.05) is 24.3 Å². The van der Waals surface area contributed by atoms with E-state index in [2.05, 4.69) is 20.7 Å². The fraction of sp³-hybridized carbons (Fsp3) is 0.286. The van der Waals surface area contributed by atoms with E-state index in [0.29, 0.717) is 29.2 Å². The van der Waals surface area contributed by atoms with Gasteiger partial charge in [0.05, 0.1) is 25.3 Å². The minimum atomic E-state index is -0.566. The minimum Gasteiger partial charge on any atom is -0.442 e. The number of nitrogens with one attached hydrogen (secondary N) is 1. The molecule has 2 heterocycles. The SMILES string of the molecule is CC(=O)NC[C@H]1CN(c2ccc(-c3ccc(Cn4nnc(C)n4)cc3)c(F)c2)C(=O)O1. The Bertz CT molecular complexity index is 1110. The average molecular weight is 424 g/mol. The normalized spacial score (nSPS) is 15.8. The fourth-order valence-corrected chi connectivity index (χ4v) is 3.35. The van der Waals surface area contributed by atoms with Crippen molar-refractivity contribution in [2.45, 2.75) is 26.5 Å². The molecule has 1 aliphatic rings. The predicted molar refractivity (Wildman–Crippen MR) is 110 cm³/mol. The van der Waals surface area contributed by atoms with Crippen molar-refractivity contribution in [1.29, 1.82) is 0 Å². The van der Waals surface area contributed by atoms with E-state index >= 15 is 0 Å². The molecule has 1 fully saturated rings. The monoisotopic (exact) mass is 424 g/mol. The highest BCUT2D eigenvalue weighted by Gasteiger charge is 2.32. The van der Waals surface area contributed by atoms with Gasteiger partial charge in [-0.3, -0.25) is 9.69 Å². The molecule has 1 aliphatic heterocycles. The number of aromatic nitrogens is 4. The van der Waals surface area contributed by atoms with Crippen molar-refractivity contribution in [3.63, 3.8) is 0 Å². The minimum absolute atomic E-state index is 0.205. The Hall–Kier alpha value is -3.82. The van der Waals surface area contributed by atoms with Crippen molar-refractivity contribution in [2.75, 3.05) is 18.0 Å². The molecular weight excluding hydrogens is 403 g/mol. The first kappa shape index (κ1) is 20.5. The summed E-state index contributed by atoms with van der Waals surface area (Å²) in [5.74, 6) is -0.0531. The van der Waals surface area contributed by atoms with Crippen LogP contribution in [0, 0.1) is 12.7 Å². The summed E-state index contributed by atoms with van der Waals surface area (Å²) in [5, 5.41) is 14.5. The van der Waals surface area contributed by atoms with E-state index in [4.69, 9.17) is 4.74 Å². The third-order valence-corrected chi connectivity index (χ3v) is 4.86. The van der Waals surface area contributed by atoms with E-state index in [1.165, 1.54) is 22.7 Å². The molecule has 0 bridgehead atoms. The van der Waals surface area contributed by atoms with E-state index in [-0.39, 0.29) is 19.0 Å². The maximum absolute atomic E-state index is 14.8. The van der Waals surface area contributed by atoms with Crippen LogP contribution in [0.1, 0.15) is 18.3 Å². The first-order valence-electron chi connectivity index (χ1n) is 9.75. The summed E-state index contributed by atoms with van der Waals surface area (Å²) < 4.78 is 20.1. The molecule has 3 aromatic rings. The van der Waals surface area contributed by atoms with Gasteiger partial charge < -0.3 is 10.1 Å². The molecule has 0 spiro atoms. The number of benzene rings is 2. The molecule has 2 amide bonds. The van der Waals surface area contributed by atoms with Gasteiger partial charge in [0, 0.05) is 12.5 Å². The van der Waals surface area contributed by atoms with Gasteiger partial charge in [0.25, 0.3) is 0 Å². The lowest BCUT2D eigenvalue weighted by atomic mass is 10.0. The number of carbonyl (C=O) groups excluding carboxylic acids is 2. The number of aryl methyl sites for hydroxylation is 1. The highest BCUT2D eigenvalue weighted by Crippen LogP contribution is 2.29. The average Bonchev–Trinajstić information content (AvgIpc) is 3.32. The molecule has 0 unspecified atom stereocenters. The van der Waals surface area contributed by atoms with E-state index < -0.39 is 18.0 Å². The summed E-state index contributed by atoms with van der Waals surface area (Å²) >= 11 is 0. The van der Waals surface area contributed by atoms with Crippen LogP contribution in [0.3, 0.4) is 0 Å². The van der Waals surface area contributed by atoms with Gasteiger partial charge in [0.15, 0.2) is 5.82 Å². The Kier molecular flexibility index (Phi) is 5.61. The number of tetrazole rings is 1. The summed E-state index contributed by atoms with van der Waals surface area (Å²) in [6, 6.07) is 12.0. The second kappa shape index (κ2) is 8.50. The van der Waals surface area contributed by atoms with Crippen LogP contribution in [0.4, 0.5) is 14.9 Å². The van der Waals surface area contributed by atoms with E-state index in [9.17, 15) is 14.0 Å². The van der Waals surface area contributed by atoms with Crippen molar-refractivity contribution < 1.29 is 18.7 Å². The van der Waals surface area contributed by atoms with Crippen molar-refractivity contribution in [2.24, 2.45) is 0 Å². The zero-order valence-electron chi connectivity index (χ0n) is 17.1. The quantitative estimate of drug-likeness (QED) is 0.652. The molecule has 10 heteroatoms. The molecule has 0 aliphatic carbocycles. The second-order valence-electron chi connectivity index (χ2n) is 7.28. The summed E-state index contributed by atoms with van der Waals surface area (Å²) in [6.45, 7) is 4.08. The first-order chi connectivity index (χ1) is 14.9. The smallest absolute Gasteiger partial charge is 0.414 e. The van der Waals surface area contributed by atoms with Crippen molar-refractivity contribution in [3.8, 4) is 11.1 Å². The number of hydrogen-bond donors (Lipinski definition) is 1. The van der Waals surface area contributed by atoms with E-state index in [1.54, 1.807) is 19.1 Å². The molecule has 1 aromatic heterocycles. The summed E-state index contributed by atoms with van der Waals surface area (Å²) in [4.78, 5) is 26.0. The Morgan fingerprint density at radius 3 is 2.68 bits per heavy atom. The predicted octanol–water partition coefficient (Wildman–Crippen LogP) is 2.30. The zero-order chi connectivity index (χ0) is 22.0. The Morgan fingerprint density at radius 1 is 1.26 bits per heavy atom. The third-order valence-electron chi connectivity index (χ3n) is 4.86. The van der Waals surface area contributed by atoms with Gasteiger partial charge in [-0.15, -0.1) is 10.2 Å². The van der Waals surface area contributed by atoms with E-state index in [0.717, 1.165) is 5.56 Å². The summed E-state index contributed by atoms with van der Waals surface area (Å²) in [5.41, 5.74) is 2.50. The number of amides is 2. The number of cyclic esters (lactones) is 1. The van der Waals surface area contributed by atoms with Gasteiger partial charge in [0.2, 0.25) is 5.91 Å². The number of rotatable bonds is 6. The van der Waals surface area contributed by atoms with Gasteiger partial charge in [0.1, 0.15) is 11.9 Å². The first-order valence-corrected chi connectivity index (χ1v) is 9.75. The van der Waals surface area contributed by atoms with Crippen LogP contribution in [-0.4, -0.2) is 51.4 Å². The topological polar surface area (TPSA) is 102 Å². The van der Waals surface area contributed by atoms with Crippen molar-refractivity contribution in [3.05, 3.63) is 59.7 Å². The maximum atomic E-state index is 14.8. The van der Waals surface area contributed by atoms with Crippen LogP contribution in [0.2, 0.25) is 0 Å². The molecule has 9 nitrogen and oxygen atoms in total. The Balaban J connectivity index is 1.46. The molecule has 4 rings (SSSR count). The van der Waals surface area contributed by atoms with Gasteiger partial charge in [-0.25, -0.2) is 9.18 Å². The number of halogens is 1. The molecule has 1 saturated heterocycles. The summed E-state index contributed by atoms with van der Waals surface area (Å²) in [7, 11) is 0. The number of anilines is 1. The molecule has 160 valence electrons. The Morgan fingerprint density at radius 2 is 2.03 bits per heavy atom. The van der Waals surface area contributed by atoms with Crippen LogP contribution in [0.25, 0.3) is 11.1 Å². The lowest BCUT2D eigenvalue weighted by molar-refractivity contribution is -0.119. The molecular formula is C21H21FN6O3. The largest absolute Gasteiger partial charge is 0.442 e. The fourth-order valence-electron chi connectivity index (χ4n) is 3.35. The van der Waals surface area contributed by atoms with Crippen LogP contribution >= 0.6 is 0 Å². The maximum Gasteiger partial charge on any atom is 0.414 e. The molecule has 2 aromatic carbocycles. The van der Waals surface area contributed by atoms with Crippen LogP contribution in [0.5, 0.6) is 0 Å². The highest BCUT2D eigenvalue weighted by atomic mass is 19.1. The lowest BCUT2D eigenvalue weighted by Gasteiger charge is -2.14. The molecule has 1 N–H and O–H groups in total. The lowest BCUT2D eigenvalue weighted by Crippen LogP contribution is -2.33. The third kappa shape index (κ3) is 4.68. The van der Waals surface area contributed by atoms with Crippen LogP contribution in [0.15, 0.2) is 42.5 Å². The standard InChI is InChI=1S/C21H21FN6O3/c1-13-24-26-28(25-13)11-15-3-5-16(6-4-15)19-8-7-17(9-20(19)22)27-12-18(31-21(27)30)10-23-14(2)29/h3-9,18H,10-12H2,1-2H3,(H,23,29)/t18-/m0/s1. The van der Waals surface area contributed by atoms with Gasteiger partial charge in [-0.2, -0.15) is 4.80 Å². The Labute approximate surface area is 177 Å². The van der Waals surface area contributed by atoms with Crippen molar-refractivity contribution >= 4 is 17.7 Å². The number of carbonyl (C=O) groups is 2. The van der Waals surface area contributed by atoms with Gasteiger partial charge >= 0.3 is 6.09 Å². The second-order valence-corrected chi connectivity index (χ2v) is 7.28. The zero-order valence-corrected chi connectivity index (χ0v) is 17.1. The molecule has 1 atom stereocenters. The van der Waals surface area contributed by atoms with Gasteiger partial charge in [-0.1, -0.05) is 24.3 Å². The van der Waals surface area contributed by atoms with Crippen LogP contribution in [-0.2, 0) is 16.1 Å².